The fourth-order valence-corrected chi connectivity index (χ4v) is 4.36. The number of unbranched alkanes of at least 4 members (excludes halogenated alkanes) is 22. The summed E-state index contributed by atoms with van der Waals surface area (Å²) in [7, 11) is 0. The molecule has 0 aliphatic heterocycles. The summed E-state index contributed by atoms with van der Waals surface area (Å²) in [5.41, 5.74) is 0. The van der Waals surface area contributed by atoms with Gasteiger partial charge in [-0.15, -0.1) is 0 Å². The van der Waals surface area contributed by atoms with Crippen LogP contribution >= 0.6 is 0 Å². The molecule has 0 aliphatic rings. The van der Waals surface area contributed by atoms with E-state index in [0.717, 1.165) is 12.8 Å². The van der Waals surface area contributed by atoms with Gasteiger partial charge in [0, 0.05) is 6.42 Å². The van der Waals surface area contributed by atoms with Gasteiger partial charge < -0.3 is 14.9 Å². The first kappa shape index (κ1) is 33.1. The lowest BCUT2D eigenvalue weighted by Crippen LogP contribution is -2.28. The number of hydrogen-bond acceptors (Lipinski definition) is 5. The summed E-state index contributed by atoms with van der Waals surface area (Å²) < 4.78 is 4.46. The summed E-state index contributed by atoms with van der Waals surface area (Å²) >= 11 is 0. The molecule has 0 radical (unpaired) electrons. The summed E-state index contributed by atoms with van der Waals surface area (Å²) in [6, 6.07) is 0. The Labute approximate surface area is 210 Å². The molecule has 0 amide bonds. The van der Waals surface area contributed by atoms with Crippen LogP contribution in [0.1, 0.15) is 161 Å². The first-order valence-corrected chi connectivity index (χ1v) is 14.6. The van der Waals surface area contributed by atoms with Gasteiger partial charge in [0.15, 0.2) is 6.10 Å². The lowest BCUT2D eigenvalue weighted by atomic mass is 10.0. The molecule has 0 saturated carbocycles. The number of ether oxygens (including phenoxy) is 1. The van der Waals surface area contributed by atoms with E-state index in [1.54, 1.807) is 0 Å². The molecule has 0 spiro atoms. The molecule has 5 nitrogen and oxygen atoms in total. The first-order valence-electron chi connectivity index (χ1n) is 14.6. The number of aliphatic hydroxyl groups is 2. The van der Waals surface area contributed by atoms with E-state index in [1.807, 2.05) is 0 Å². The fourth-order valence-electron chi connectivity index (χ4n) is 4.36. The minimum atomic E-state index is -1.63. The van der Waals surface area contributed by atoms with E-state index in [1.165, 1.54) is 128 Å². The van der Waals surface area contributed by atoms with E-state index in [-0.39, 0.29) is 6.42 Å². The van der Waals surface area contributed by atoms with E-state index < -0.39 is 24.6 Å². The Hall–Kier alpha value is -0.940. The smallest absolute Gasteiger partial charge is 0.345 e. The van der Waals surface area contributed by atoms with Crippen LogP contribution in [0.2, 0.25) is 0 Å². The van der Waals surface area contributed by atoms with Crippen molar-refractivity contribution in [2.24, 2.45) is 0 Å². The molecule has 0 aromatic carbocycles. The third kappa shape index (κ3) is 24.2. The molecule has 1 unspecified atom stereocenters. The summed E-state index contributed by atoms with van der Waals surface area (Å²) in [6.45, 7) is 1.55. The molecule has 2 N–H and O–H groups in total. The molecule has 0 aromatic rings. The van der Waals surface area contributed by atoms with Crippen molar-refractivity contribution in [3.63, 3.8) is 0 Å². The zero-order chi connectivity index (χ0) is 25.1. The highest BCUT2D eigenvalue weighted by molar-refractivity contribution is 5.87. The number of carbonyl (C=O) groups excluding carboxylic acids is 2. The maximum atomic E-state index is 11.5. The van der Waals surface area contributed by atoms with Crippen LogP contribution < -0.4 is 0 Å². The topological polar surface area (TPSA) is 83.8 Å². The Morgan fingerprint density at radius 1 is 0.559 bits per heavy atom. The molecule has 34 heavy (non-hydrogen) atoms. The fraction of sp³-hybridized carbons (Fsp3) is 0.931. The highest BCUT2D eigenvalue weighted by Gasteiger charge is 2.18. The van der Waals surface area contributed by atoms with Crippen molar-refractivity contribution in [1.29, 1.82) is 0 Å². The van der Waals surface area contributed by atoms with Crippen molar-refractivity contribution in [2.75, 3.05) is 6.61 Å². The van der Waals surface area contributed by atoms with Crippen molar-refractivity contribution in [3.05, 3.63) is 0 Å². The van der Waals surface area contributed by atoms with Gasteiger partial charge in [-0.3, -0.25) is 4.79 Å². The summed E-state index contributed by atoms with van der Waals surface area (Å²) in [6.07, 6.45) is 29.0. The zero-order valence-corrected chi connectivity index (χ0v) is 22.4. The Balaban J connectivity index is 3.16. The van der Waals surface area contributed by atoms with Crippen LogP contribution in [0.5, 0.6) is 0 Å². The minimum absolute atomic E-state index is 0.184. The van der Waals surface area contributed by atoms with Crippen LogP contribution in [0.4, 0.5) is 0 Å². The van der Waals surface area contributed by atoms with Gasteiger partial charge in [-0.2, -0.15) is 0 Å². The Morgan fingerprint density at radius 2 is 0.853 bits per heavy atom. The highest BCUT2D eigenvalue weighted by atomic mass is 16.6. The molecule has 0 bridgehead atoms. The van der Waals surface area contributed by atoms with Crippen LogP contribution in [0, 0.1) is 0 Å². The number of rotatable bonds is 26. The highest BCUT2D eigenvalue weighted by Crippen LogP contribution is 2.15. The molecule has 202 valence electrons. The normalized spacial score (nSPS) is 12.1. The molecule has 0 fully saturated rings. The van der Waals surface area contributed by atoms with E-state index in [0.29, 0.717) is 6.42 Å². The standard InChI is InChI=1S/C29H56O5/c1-2-3-4-5-6-7-8-9-10-11-12-13-14-15-16-17-18-19-20-21-22-23-24-25-28(32)34-29(33)27(31)26-30/h27,30-31H,2-26H2,1H3. The SMILES string of the molecule is CCCCCCCCCCCCCCCCCCCCCCCCCC(=O)OC(=O)C(O)CO. The van der Waals surface area contributed by atoms with Crippen LogP contribution in [0.15, 0.2) is 0 Å². The van der Waals surface area contributed by atoms with Gasteiger partial charge in [-0.1, -0.05) is 148 Å². The maximum Gasteiger partial charge on any atom is 0.345 e. The largest absolute Gasteiger partial charge is 0.393 e. The van der Waals surface area contributed by atoms with Crippen molar-refractivity contribution >= 4 is 11.9 Å². The third-order valence-electron chi connectivity index (χ3n) is 6.64. The quantitative estimate of drug-likeness (QED) is 0.0743. The molecule has 0 aliphatic carbocycles. The third-order valence-corrected chi connectivity index (χ3v) is 6.64. The second kappa shape index (κ2) is 26.7. The summed E-state index contributed by atoms with van der Waals surface area (Å²) in [5.74, 6) is -1.69. The second-order valence-corrected chi connectivity index (χ2v) is 10.0. The minimum Gasteiger partial charge on any atom is -0.393 e. The lowest BCUT2D eigenvalue weighted by molar-refractivity contribution is -0.167. The van der Waals surface area contributed by atoms with Gasteiger partial charge in [0.25, 0.3) is 0 Å². The first-order chi connectivity index (χ1) is 16.6. The zero-order valence-electron chi connectivity index (χ0n) is 22.4. The molecule has 0 saturated heterocycles. The van der Waals surface area contributed by atoms with Gasteiger partial charge in [-0.25, -0.2) is 4.79 Å². The molecule has 5 heteroatoms. The number of hydrogen-bond donors (Lipinski definition) is 2. The number of esters is 2. The van der Waals surface area contributed by atoms with E-state index in [2.05, 4.69) is 11.7 Å². The molecule has 0 heterocycles. The van der Waals surface area contributed by atoms with E-state index in [9.17, 15) is 9.59 Å². The molecule has 0 aromatic heterocycles. The van der Waals surface area contributed by atoms with Crippen molar-refractivity contribution in [2.45, 2.75) is 167 Å². The van der Waals surface area contributed by atoms with Crippen LogP contribution in [-0.4, -0.2) is 34.9 Å². The molecular weight excluding hydrogens is 428 g/mol. The van der Waals surface area contributed by atoms with Gasteiger partial charge in [0.1, 0.15) is 0 Å². The number of carbonyl (C=O) groups is 2. The second-order valence-electron chi connectivity index (χ2n) is 10.0. The number of aliphatic hydroxyl groups excluding tert-OH is 2. The predicted molar refractivity (Wildman–Crippen MR) is 141 cm³/mol. The van der Waals surface area contributed by atoms with Gasteiger partial charge in [0.2, 0.25) is 0 Å². The van der Waals surface area contributed by atoms with Crippen molar-refractivity contribution in [1.82, 2.24) is 0 Å². The molecular formula is C29H56O5. The van der Waals surface area contributed by atoms with Crippen molar-refractivity contribution in [3.8, 4) is 0 Å². The van der Waals surface area contributed by atoms with Gasteiger partial charge in [-0.05, 0) is 6.42 Å². The van der Waals surface area contributed by atoms with Crippen LogP contribution in [0.25, 0.3) is 0 Å². The van der Waals surface area contributed by atoms with Crippen molar-refractivity contribution < 1.29 is 24.5 Å². The van der Waals surface area contributed by atoms with E-state index >= 15 is 0 Å². The summed E-state index contributed by atoms with van der Waals surface area (Å²) in [4.78, 5) is 22.6. The lowest BCUT2D eigenvalue weighted by Gasteiger charge is -2.06. The van der Waals surface area contributed by atoms with E-state index in [4.69, 9.17) is 10.2 Å². The Morgan fingerprint density at radius 3 is 1.15 bits per heavy atom. The molecule has 0 rings (SSSR count). The van der Waals surface area contributed by atoms with Crippen LogP contribution in [0.3, 0.4) is 0 Å². The monoisotopic (exact) mass is 484 g/mol. The van der Waals surface area contributed by atoms with Crippen LogP contribution in [-0.2, 0) is 14.3 Å². The maximum absolute atomic E-state index is 11.5. The Bertz CT molecular complexity index is 452. The predicted octanol–water partition coefficient (Wildman–Crippen LogP) is 7.79. The van der Waals surface area contributed by atoms with Gasteiger partial charge in [0.05, 0.1) is 6.61 Å². The van der Waals surface area contributed by atoms with Gasteiger partial charge >= 0.3 is 11.9 Å². The Kier molecular flexibility index (Phi) is 25.9. The molecule has 1 atom stereocenters. The average molecular weight is 485 g/mol. The average Bonchev–Trinajstić information content (AvgIpc) is 2.83. The summed E-state index contributed by atoms with van der Waals surface area (Å²) in [5, 5.41) is 17.7.